The third-order valence-corrected chi connectivity index (χ3v) is 6.23. The molecule has 0 heterocycles. The number of hydrogen-bond acceptors (Lipinski definition) is 4. The molecule has 7 heteroatoms. The molecule has 1 aliphatic rings. The van der Waals surface area contributed by atoms with Crippen molar-refractivity contribution in [2.45, 2.75) is 51.5 Å². The van der Waals surface area contributed by atoms with E-state index in [4.69, 9.17) is 9.84 Å². The Kier molecular flexibility index (Phi) is 8.46. The Bertz CT molecular complexity index is 945. The van der Waals surface area contributed by atoms with Crippen molar-refractivity contribution in [3.05, 3.63) is 59.7 Å². The van der Waals surface area contributed by atoms with Gasteiger partial charge in [-0.15, -0.1) is 0 Å². The summed E-state index contributed by atoms with van der Waals surface area (Å²) in [7, 11) is 0. The molecule has 2 atom stereocenters. The number of carbonyl (C=O) groups is 3. The van der Waals surface area contributed by atoms with Gasteiger partial charge in [0, 0.05) is 18.9 Å². The molecule has 176 valence electrons. The van der Waals surface area contributed by atoms with Gasteiger partial charge in [-0.3, -0.25) is 9.59 Å². The zero-order valence-electron chi connectivity index (χ0n) is 19.2. The van der Waals surface area contributed by atoms with Gasteiger partial charge in [-0.2, -0.15) is 0 Å². The third kappa shape index (κ3) is 6.12. The quantitative estimate of drug-likeness (QED) is 0.441. The average Bonchev–Trinajstić information content (AvgIpc) is 3.14. The molecular weight excluding hydrogens is 420 g/mol. The van der Waals surface area contributed by atoms with E-state index < -0.39 is 18.1 Å². The van der Waals surface area contributed by atoms with Gasteiger partial charge in [-0.25, -0.2) is 4.79 Å². The highest BCUT2D eigenvalue weighted by molar-refractivity contribution is 5.86. The lowest BCUT2D eigenvalue weighted by Crippen LogP contribution is -2.50. The first-order chi connectivity index (χ1) is 15.9. The average molecular weight is 453 g/mol. The van der Waals surface area contributed by atoms with E-state index in [9.17, 15) is 14.4 Å². The van der Waals surface area contributed by atoms with Crippen LogP contribution in [0.1, 0.15) is 56.6 Å². The highest BCUT2D eigenvalue weighted by Crippen LogP contribution is 2.44. The summed E-state index contributed by atoms with van der Waals surface area (Å²) in [6.45, 7) is 4.41. The van der Waals surface area contributed by atoms with Gasteiger partial charge < -0.3 is 20.5 Å². The van der Waals surface area contributed by atoms with Gasteiger partial charge in [0.15, 0.2) is 0 Å². The van der Waals surface area contributed by atoms with Gasteiger partial charge in [-0.1, -0.05) is 68.8 Å². The number of carboxylic acid groups (broad SMARTS) is 1. The van der Waals surface area contributed by atoms with E-state index in [-0.39, 0.29) is 30.8 Å². The van der Waals surface area contributed by atoms with Crippen molar-refractivity contribution in [2.24, 2.45) is 5.92 Å². The molecular formula is C26H32N2O5. The molecule has 0 fully saturated rings. The maximum atomic E-state index is 12.7. The molecule has 3 rings (SSSR count). The highest BCUT2D eigenvalue weighted by Gasteiger charge is 2.30. The van der Waals surface area contributed by atoms with Crippen LogP contribution < -0.4 is 10.6 Å². The van der Waals surface area contributed by atoms with Crippen molar-refractivity contribution in [1.29, 1.82) is 0 Å². The van der Waals surface area contributed by atoms with Crippen LogP contribution in [0, 0.1) is 5.92 Å². The predicted octanol–water partition coefficient (Wildman–Crippen LogP) is 4.31. The van der Waals surface area contributed by atoms with Crippen LogP contribution in [-0.4, -0.2) is 42.3 Å². The van der Waals surface area contributed by atoms with Crippen LogP contribution in [-0.2, 0) is 14.3 Å². The standard InChI is InChI=1S/C26H32N2O5/c1-3-17(2)24(25(31)27-15-9-8-14-23(29)30)28-26(32)33-16-22-20-12-6-4-10-18(20)19-11-5-7-13-21(19)22/h4-7,10-13,17,22,24H,3,8-9,14-16H2,1-2H3,(H,27,31)(H,28,32)(H,29,30). The number of nitrogens with one attached hydrogen (secondary N) is 2. The van der Waals surface area contributed by atoms with Gasteiger partial charge in [-0.05, 0) is 41.0 Å². The second-order valence-electron chi connectivity index (χ2n) is 8.47. The van der Waals surface area contributed by atoms with E-state index in [0.29, 0.717) is 25.8 Å². The van der Waals surface area contributed by atoms with E-state index in [1.165, 1.54) is 0 Å². The summed E-state index contributed by atoms with van der Waals surface area (Å²) < 4.78 is 5.59. The molecule has 0 saturated carbocycles. The van der Waals surface area contributed by atoms with E-state index in [2.05, 4.69) is 34.9 Å². The van der Waals surface area contributed by atoms with Crippen molar-refractivity contribution >= 4 is 18.0 Å². The van der Waals surface area contributed by atoms with Gasteiger partial charge in [0.05, 0.1) is 0 Å². The smallest absolute Gasteiger partial charge is 0.407 e. The summed E-state index contributed by atoms with van der Waals surface area (Å²) in [4.78, 5) is 35.9. The number of hydrogen-bond donors (Lipinski definition) is 3. The van der Waals surface area contributed by atoms with Crippen LogP contribution in [0.2, 0.25) is 0 Å². The molecule has 33 heavy (non-hydrogen) atoms. The third-order valence-electron chi connectivity index (χ3n) is 6.23. The molecule has 3 N–H and O–H groups in total. The van der Waals surface area contributed by atoms with Crippen LogP contribution in [0.25, 0.3) is 11.1 Å². The first-order valence-electron chi connectivity index (χ1n) is 11.5. The summed E-state index contributed by atoms with van der Waals surface area (Å²) in [5, 5.41) is 14.2. The van der Waals surface area contributed by atoms with Crippen LogP contribution >= 0.6 is 0 Å². The maximum absolute atomic E-state index is 12.7. The number of ether oxygens (including phenoxy) is 1. The molecule has 0 aromatic heterocycles. The number of fused-ring (bicyclic) bond motifs is 3. The minimum Gasteiger partial charge on any atom is -0.481 e. The molecule has 0 radical (unpaired) electrons. The molecule has 0 spiro atoms. The Hall–Kier alpha value is -3.35. The summed E-state index contributed by atoms with van der Waals surface area (Å²) >= 11 is 0. The van der Waals surface area contributed by atoms with Crippen LogP contribution in [0.3, 0.4) is 0 Å². The maximum Gasteiger partial charge on any atom is 0.407 e. The molecule has 0 aliphatic heterocycles. The number of benzene rings is 2. The van der Waals surface area contributed by atoms with E-state index >= 15 is 0 Å². The number of carboxylic acids is 1. The molecule has 2 amide bonds. The van der Waals surface area contributed by atoms with Gasteiger partial charge in [0.2, 0.25) is 5.91 Å². The number of alkyl carbamates (subject to hydrolysis) is 1. The zero-order valence-corrected chi connectivity index (χ0v) is 19.2. The molecule has 1 aliphatic carbocycles. The molecule has 2 aromatic rings. The fourth-order valence-electron chi connectivity index (χ4n) is 4.19. The summed E-state index contributed by atoms with van der Waals surface area (Å²) in [6, 6.07) is 15.5. The van der Waals surface area contributed by atoms with Crippen molar-refractivity contribution in [1.82, 2.24) is 10.6 Å². The first kappa shape index (κ1) is 24.3. The van der Waals surface area contributed by atoms with E-state index in [0.717, 1.165) is 22.3 Å². The Morgan fingerprint density at radius 1 is 1.00 bits per heavy atom. The minimum absolute atomic E-state index is 0.0479. The lowest BCUT2D eigenvalue weighted by molar-refractivity contribution is -0.137. The molecule has 0 saturated heterocycles. The lowest BCUT2D eigenvalue weighted by atomic mass is 9.98. The normalized spacial score (nSPS) is 14.0. The molecule has 2 unspecified atom stereocenters. The molecule has 7 nitrogen and oxygen atoms in total. The largest absolute Gasteiger partial charge is 0.481 e. The van der Waals surface area contributed by atoms with Crippen LogP contribution in [0.15, 0.2) is 48.5 Å². The minimum atomic E-state index is -0.851. The second kappa shape index (κ2) is 11.5. The Balaban J connectivity index is 1.57. The van der Waals surface area contributed by atoms with Gasteiger partial charge in [0.1, 0.15) is 12.6 Å². The topological polar surface area (TPSA) is 105 Å². The van der Waals surface area contributed by atoms with Crippen molar-refractivity contribution < 1.29 is 24.2 Å². The highest BCUT2D eigenvalue weighted by atomic mass is 16.5. The van der Waals surface area contributed by atoms with Crippen LogP contribution in [0.5, 0.6) is 0 Å². The number of carbonyl (C=O) groups excluding carboxylic acids is 2. The van der Waals surface area contributed by atoms with Crippen molar-refractivity contribution in [3.63, 3.8) is 0 Å². The van der Waals surface area contributed by atoms with E-state index in [1.54, 1.807) is 0 Å². The van der Waals surface area contributed by atoms with Gasteiger partial charge >= 0.3 is 12.1 Å². The van der Waals surface area contributed by atoms with E-state index in [1.807, 2.05) is 38.1 Å². The number of amides is 2. The molecule has 2 aromatic carbocycles. The van der Waals surface area contributed by atoms with Crippen molar-refractivity contribution in [2.75, 3.05) is 13.2 Å². The fourth-order valence-corrected chi connectivity index (χ4v) is 4.19. The monoisotopic (exact) mass is 452 g/mol. The van der Waals surface area contributed by atoms with Gasteiger partial charge in [0.25, 0.3) is 0 Å². The zero-order chi connectivity index (χ0) is 23.8. The van der Waals surface area contributed by atoms with Crippen LogP contribution in [0.4, 0.5) is 4.79 Å². The number of aliphatic carboxylic acids is 1. The Labute approximate surface area is 194 Å². The number of rotatable bonds is 11. The first-order valence-corrected chi connectivity index (χ1v) is 11.5. The predicted molar refractivity (Wildman–Crippen MR) is 126 cm³/mol. The summed E-state index contributed by atoms with van der Waals surface area (Å²) in [5.41, 5.74) is 4.57. The fraction of sp³-hybridized carbons (Fsp3) is 0.423. The Morgan fingerprint density at radius 2 is 1.61 bits per heavy atom. The summed E-state index contributed by atoms with van der Waals surface area (Å²) in [5.74, 6) is -1.26. The second-order valence-corrected chi connectivity index (χ2v) is 8.47. The SMILES string of the molecule is CCC(C)C(NC(=O)OCC1c2ccccc2-c2ccccc21)C(=O)NCCCCC(=O)O. The van der Waals surface area contributed by atoms with Crippen molar-refractivity contribution in [3.8, 4) is 11.1 Å². The lowest BCUT2D eigenvalue weighted by Gasteiger charge is -2.24. The number of unbranched alkanes of at least 4 members (excludes halogenated alkanes) is 1. The summed E-state index contributed by atoms with van der Waals surface area (Å²) in [6.07, 6.45) is 1.21. The Morgan fingerprint density at radius 3 is 2.18 bits per heavy atom. The molecule has 0 bridgehead atoms.